The fraction of sp³-hybridized carbons (Fsp3) is 0.294. The van der Waals surface area contributed by atoms with E-state index in [-0.39, 0.29) is 0 Å². The van der Waals surface area contributed by atoms with Gasteiger partial charge in [0.05, 0.1) is 12.2 Å². The summed E-state index contributed by atoms with van der Waals surface area (Å²) < 4.78 is 48.6. The molecule has 0 spiro atoms. The molecule has 6 nitrogen and oxygen atoms in total. The largest absolute Gasteiger partial charge is 0.494 e. The number of hydrogen-bond donors (Lipinski definition) is 2. The summed E-state index contributed by atoms with van der Waals surface area (Å²) in [6.07, 6.45) is -3.23. The molecule has 1 aromatic heterocycles. The van der Waals surface area contributed by atoms with Crippen molar-refractivity contribution in [1.29, 1.82) is 0 Å². The molecule has 0 saturated carbocycles. The summed E-state index contributed by atoms with van der Waals surface area (Å²) in [5, 5.41) is 2.10. The maximum Gasteiger partial charge on any atom is 0.417 e. The van der Waals surface area contributed by atoms with E-state index in [0.29, 0.717) is 30.4 Å². The van der Waals surface area contributed by atoms with Crippen LogP contribution in [0.1, 0.15) is 18.9 Å². The lowest BCUT2D eigenvalue weighted by Crippen LogP contribution is -2.25. The number of nitrogens with one attached hydrogen (secondary N) is 2. The molecule has 2 aromatic rings. The third-order valence-electron chi connectivity index (χ3n) is 3.17. The Balaban J connectivity index is 1.94. The minimum Gasteiger partial charge on any atom is -0.494 e. The SMILES string of the molecule is CCCOc1ccc(OCC(=O)Nc2cc(C(F)(F)F)c[nH]c2=O)cc1. The number of carbonyl (C=O) groups excluding carboxylic acids is 1. The Kier molecular flexibility index (Phi) is 6.26. The van der Waals surface area contributed by atoms with E-state index in [1.165, 1.54) is 0 Å². The summed E-state index contributed by atoms with van der Waals surface area (Å²) >= 11 is 0. The summed E-state index contributed by atoms with van der Waals surface area (Å²) in [5.41, 5.74) is -2.42. The first-order valence-electron chi connectivity index (χ1n) is 7.75. The van der Waals surface area contributed by atoms with Crippen LogP contribution in [0.3, 0.4) is 0 Å². The highest BCUT2D eigenvalue weighted by molar-refractivity contribution is 5.91. The maximum absolute atomic E-state index is 12.6. The van der Waals surface area contributed by atoms with Crippen LogP contribution in [-0.2, 0) is 11.0 Å². The number of aromatic nitrogens is 1. The Labute approximate surface area is 146 Å². The molecular formula is C17H17F3N2O4. The number of amides is 1. The van der Waals surface area contributed by atoms with Crippen molar-refractivity contribution in [1.82, 2.24) is 4.98 Å². The first-order valence-corrected chi connectivity index (χ1v) is 7.75. The molecule has 140 valence electrons. The Bertz CT molecular complexity index is 801. The fourth-order valence-corrected chi connectivity index (χ4v) is 1.93. The molecule has 0 bridgehead atoms. The van der Waals surface area contributed by atoms with Gasteiger partial charge in [-0.1, -0.05) is 6.92 Å². The number of carbonyl (C=O) groups is 1. The number of H-pyrrole nitrogens is 1. The first kappa shape index (κ1) is 19.4. The van der Waals surface area contributed by atoms with Gasteiger partial charge in [0.2, 0.25) is 0 Å². The van der Waals surface area contributed by atoms with Gasteiger partial charge in [0.15, 0.2) is 6.61 Å². The van der Waals surface area contributed by atoms with Gasteiger partial charge in [-0.25, -0.2) is 0 Å². The summed E-state index contributed by atoms with van der Waals surface area (Å²) in [4.78, 5) is 25.3. The molecule has 0 saturated heterocycles. The Morgan fingerprint density at radius 3 is 2.35 bits per heavy atom. The topological polar surface area (TPSA) is 80.4 Å². The molecule has 1 heterocycles. The summed E-state index contributed by atoms with van der Waals surface area (Å²) in [6.45, 7) is 2.09. The molecule has 0 radical (unpaired) electrons. The monoisotopic (exact) mass is 370 g/mol. The van der Waals surface area contributed by atoms with Gasteiger partial charge in [0.25, 0.3) is 11.5 Å². The van der Waals surface area contributed by atoms with Crippen LogP contribution < -0.4 is 20.3 Å². The van der Waals surface area contributed by atoms with E-state index in [1.54, 1.807) is 24.3 Å². The average Bonchev–Trinajstić information content (AvgIpc) is 2.60. The first-order chi connectivity index (χ1) is 12.3. The zero-order chi connectivity index (χ0) is 19.2. The van der Waals surface area contributed by atoms with Crippen molar-refractivity contribution in [3.05, 3.63) is 52.4 Å². The predicted octanol–water partition coefficient (Wildman–Crippen LogP) is 3.20. The minimum absolute atomic E-state index is 0.377. The Morgan fingerprint density at radius 2 is 1.77 bits per heavy atom. The molecule has 2 rings (SSSR count). The quantitative estimate of drug-likeness (QED) is 0.784. The molecular weight excluding hydrogens is 353 g/mol. The van der Waals surface area contributed by atoms with E-state index in [0.717, 1.165) is 6.42 Å². The van der Waals surface area contributed by atoms with Crippen LogP contribution in [0.25, 0.3) is 0 Å². The van der Waals surface area contributed by atoms with Gasteiger partial charge >= 0.3 is 6.18 Å². The third kappa shape index (κ3) is 5.54. The van der Waals surface area contributed by atoms with Crippen molar-refractivity contribution in [2.75, 3.05) is 18.5 Å². The summed E-state index contributed by atoms with van der Waals surface area (Å²) in [5.74, 6) is 0.266. The van der Waals surface area contributed by atoms with Gasteiger partial charge in [-0.05, 0) is 36.8 Å². The lowest BCUT2D eigenvalue weighted by atomic mass is 10.2. The van der Waals surface area contributed by atoms with Gasteiger partial charge in [0, 0.05) is 6.20 Å². The number of anilines is 1. The number of hydrogen-bond acceptors (Lipinski definition) is 4. The predicted molar refractivity (Wildman–Crippen MR) is 88.4 cm³/mol. The molecule has 2 N–H and O–H groups in total. The number of pyridine rings is 1. The Hall–Kier alpha value is -2.97. The number of halogens is 3. The molecule has 0 aliphatic heterocycles. The number of benzene rings is 1. The third-order valence-corrected chi connectivity index (χ3v) is 3.17. The molecule has 0 aliphatic carbocycles. The number of rotatable bonds is 7. The van der Waals surface area contributed by atoms with Crippen molar-refractivity contribution >= 4 is 11.6 Å². The van der Waals surface area contributed by atoms with E-state index in [2.05, 4.69) is 5.32 Å². The second-order valence-electron chi connectivity index (χ2n) is 5.29. The van der Waals surface area contributed by atoms with Crippen LogP contribution >= 0.6 is 0 Å². The van der Waals surface area contributed by atoms with Gasteiger partial charge in [0.1, 0.15) is 17.2 Å². The standard InChI is InChI=1S/C17H17F3N2O4/c1-2-7-25-12-3-5-13(6-4-12)26-10-15(23)22-14-8-11(17(18,19)20)9-21-16(14)24/h3-6,8-9H,2,7,10H2,1H3,(H,21,24)(H,22,23). The number of ether oxygens (including phenoxy) is 2. The molecule has 9 heteroatoms. The van der Waals surface area contributed by atoms with Crippen molar-refractivity contribution in [3.63, 3.8) is 0 Å². The molecule has 26 heavy (non-hydrogen) atoms. The maximum atomic E-state index is 12.6. The highest BCUT2D eigenvalue weighted by Crippen LogP contribution is 2.29. The Morgan fingerprint density at radius 1 is 1.15 bits per heavy atom. The lowest BCUT2D eigenvalue weighted by molar-refractivity contribution is -0.137. The van der Waals surface area contributed by atoms with E-state index in [9.17, 15) is 22.8 Å². The van der Waals surface area contributed by atoms with Gasteiger partial charge in [-0.3, -0.25) is 9.59 Å². The zero-order valence-electron chi connectivity index (χ0n) is 13.9. The molecule has 1 amide bonds. The molecule has 0 atom stereocenters. The smallest absolute Gasteiger partial charge is 0.417 e. The van der Waals surface area contributed by atoms with Crippen LogP contribution in [0.4, 0.5) is 18.9 Å². The average molecular weight is 370 g/mol. The lowest BCUT2D eigenvalue weighted by Gasteiger charge is -2.10. The van der Waals surface area contributed by atoms with Gasteiger partial charge in [-0.2, -0.15) is 13.2 Å². The van der Waals surface area contributed by atoms with Crippen LogP contribution in [0, 0.1) is 0 Å². The van der Waals surface area contributed by atoms with Crippen LogP contribution in [-0.4, -0.2) is 24.1 Å². The number of aromatic amines is 1. The van der Waals surface area contributed by atoms with Crippen LogP contribution in [0.2, 0.25) is 0 Å². The summed E-state index contributed by atoms with van der Waals surface area (Å²) in [6, 6.07) is 7.09. The van der Waals surface area contributed by atoms with Crippen molar-refractivity contribution in [2.24, 2.45) is 0 Å². The highest BCUT2D eigenvalue weighted by Gasteiger charge is 2.31. The van der Waals surface area contributed by atoms with Crippen molar-refractivity contribution in [2.45, 2.75) is 19.5 Å². The molecule has 0 aliphatic rings. The van der Waals surface area contributed by atoms with Crippen molar-refractivity contribution in [3.8, 4) is 11.5 Å². The molecule has 0 fully saturated rings. The van der Waals surface area contributed by atoms with Crippen molar-refractivity contribution < 1.29 is 27.4 Å². The van der Waals surface area contributed by atoms with Gasteiger partial charge in [-0.15, -0.1) is 0 Å². The highest BCUT2D eigenvalue weighted by atomic mass is 19.4. The van der Waals surface area contributed by atoms with E-state index in [1.807, 2.05) is 11.9 Å². The second-order valence-corrected chi connectivity index (χ2v) is 5.29. The normalized spacial score (nSPS) is 11.1. The minimum atomic E-state index is -4.64. The van der Waals surface area contributed by atoms with E-state index in [4.69, 9.17) is 9.47 Å². The second kappa shape index (κ2) is 8.41. The van der Waals surface area contributed by atoms with Gasteiger partial charge < -0.3 is 19.8 Å². The molecule has 0 unspecified atom stereocenters. The van der Waals surface area contributed by atoms with Crippen LogP contribution in [0.15, 0.2) is 41.3 Å². The van der Waals surface area contributed by atoms with E-state index >= 15 is 0 Å². The zero-order valence-corrected chi connectivity index (χ0v) is 13.9. The van der Waals surface area contributed by atoms with E-state index < -0.39 is 35.5 Å². The fourth-order valence-electron chi connectivity index (χ4n) is 1.93. The van der Waals surface area contributed by atoms with Crippen LogP contribution in [0.5, 0.6) is 11.5 Å². The number of alkyl halides is 3. The summed E-state index contributed by atoms with van der Waals surface area (Å²) in [7, 11) is 0. The molecule has 1 aromatic carbocycles.